The van der Waals surface area contributed by atoms with Gasteiger partial charge in [-0.05, 0) is 38.8 Å². The summed E-state index contributed by atoms with van der Waals surface area (Å²) in [5.41, 5.74) is -0.783. The molecule has 0 bridgehead atoms. The van der Waals surface area contributed by atoms with Gasteiger partial charge in [-0.15, -0.1) is 0 Å². The molecule has 1 amide bonds. The molecular formula is C13H16ClFN2O3S. The van der Waals surface area contributed by atoms with Gasteiger partial charge >= 0.3 is 0 Å². The van der Waals surface area contributed by atoms with E-state index in [-0.39, 0.29) is 10.6 Å². The number of carbonyl (C=O) groups is 1. The normalized spacial score (nSPS) is 18.0. The molecule has 1 aliphatic rings. The summed E-state index contributed by atoms with van der Waals surface area (Å²) in [6, 6.07) is 2.03. The van der Waals surface area contributed by atoms with Gasteiger partial charge in [0.25, 0.3) is 5.91 Å². The molecule has 116 valence electrons. The van der Waals surface area contributed by atoms with E-state index in [1.807, 2.05) is 13.8 Å². The highest BCUT2D eigenvalue weighted by molar-refractivity contribution is 7.89. The maximum absolute atomic E-state index is 14.3. The summed E-state index contributed by atoms with van der Waals surface area (Å²) in [6.07, 6.45) is 1.60. The van der Waals surface area contributed by atoms with E-state index in [1.165, 1.54) is 4.90 Å². The molecule has 0 aliphatic carbocycles. The summed E-state index contributed by atoms with van der Waals surface area (Å²) < 4.78 is 37.1. The minimum absolute atomic E-state index is 0.0548. The lowest BCUT2D eigenvalue weighted by atomic mass is 10.0. The quantitative estimate of drug-likeness (QED) is 0.899. The van der Waals surface area contributed by atoms with Crippen LogP contribution in [0.25, 0.3) is 0 Å². The lowest BCUT2D eigenvalue weighted by Crippen LogP contribution is -2.43. The number of nitrogens with zero attached hydrogens (tertiary/aromatic N) is 1. The van der Waals surface area contributed by atoms with Crippen molar-refractivity contribution in [2.75, 3.05) is 6.54 Å². The molecule has 5 nitrogen and oxygen atoms in total. The van der Waals surface area contributed by atoms with E-state index in [4.69, 9.17) is 16.7 Å². The predicted molar refractivity (Wildman–Crippen MR) is 77.1 cm³/mol. The van der Waals surface area contributed by atoms with Crippen LogP contribution >= 0.6 is 11.6 Å². The molecule has 2 rings (SSSR count). The molecule has 0 atom stereocenters. The Labute approximate surface area is 127 Å². The maximum atomic E-state index is 14.3. The Balaban J connectivity index is 2.55. The van der Waals surface area contributed by atoms with Gasteiger partial charge in [-0.2, -0.15) is 0 Å². The van der Waals surface area contributed by atoms with E-state index in [9.17, 15) is 17.6 Å². The lowest BCUT2D eigenvalue weighted by Gasteiger charge is -2.31. The number of nitrogens with two attached hydrogens (primary N) is 1. The van der Waals surface area contributed by atoms with Crippen LogP contribution in [-0.4, -0.2) is 31.3 Å². The van der Waals surface area contributed by atoms with Gasteiger partial charge in [0.1, 0.15) is 4.90 Å². The van der Waals surface area contributed by atoms with Gasteiger partial charge in [0.05, 0.1) is 5.56 Å². The van der Waals surface area contributed by atoms with Crippen molar-refractivity contribution < 1.29 is 17.6 Å². The zero-order chi connectivity index (χ0) is 16.0. The van der Waals surface area contributed by atoms with Gasteiger partial charge in [0, 0.05) is 17.1 Å². The molecular weight excluding hydrogens is 319 g/mol. The largest absolute Gasteiger partial charge is 0.333 e. The average molecular weight is 335 g/mol. The molecule has 1 aromatic carbocycles. The minimum atomic E-state index is -4.29. The Morgan fingerprint density at radius 2 is 2.05 bits per heavy atom. The molecule has 1 heterocycles. The first-order chi connectivity index (χ1) is 9.54. The van der Waals surface area contributed by atoms with Crippen LogP contribution in [0.15, 0.2) is 17.0 Å². The van der Waals surface area contributed by atoms with Gasteiger partial charge in [0.15, 0.2) is 5.82 Å². The topological polar surface area (TPSA) is 80.5 Å². The van der Waals surface area contributed by atoms with Crippen LogP contribution in [-0.2, 0) is 10.0 Å². The molecule has 0 radical (unpaired) electrons. The Morgan fingerprint density at radius 1 is 1.43 bits per heavy atom. The van der Waals surface area contributed by atoms with Gasteiger partial charge in [-0.1, -0.05) is 11.6 Å². The Bertz CT molecular complexity index is 704. The fourth-order valence-corrected chi connectivity index (χ4v) is 3.49. The number of hydrogen-bond donors (Lipinski definition) is 1. The number of hydrogen-bond acceptors (Lipinski definition) is 3. The monoisotopic (exact) mass is 334 g/mol. The smallest absolute Gasteiger partial charge is 0.257 e. The van der Waals surface area contributed by atoms with E-state index in [0.717, 1.165) is 25.0 Å². The Kier molecular flexibility index (Phi) is 4.03. The number of sulfonamides is 1. The first kappa shape index (κ1) is 16.2. The minimum Gasteiger partial charge on any atom is -0.333 e. The van der Waals surface area contributed by atoms with Crippen molar-refractivity contribution in [3.05, 3.63) is 28.5 Å². The molecule has 0 aromatic heterocycles. The first-order valence-electron chi connectivity index (χ1n) is 6.38. The van der Waals surface area contributed by atoms with Crippen molar-refractivity contribution in [3.63, 3.8) is 0 Å². The molecule has 8 heteroatoms. The average Bonchev–Trinajstić information content (AvgIpc) is 2.69. The van der Waals surface area contributed by atoms with Crippen molar-refractivity contribution >= 4 is 27.5 Å². The third-order valence-electron chi connectivity index (χ3n) is 3.69. The van der Waals surface area contributed by atoms with Crippen LogP contribution in [0, 0.1) is 5.82 Å². The highest BCUT2D eigenvalue weighted by Crippen LogP contribution is 2.32. The van der Waals surface area contributed by atoms with Gasteiger partial charge in [-0.3, -0.25) is 4.79 Å². The van der Waals surface area contributed by atoms with Crippen LogP contribution in [0.4, 0.5) is 4.39 Å². The number of halogens is 2. The second-order valence-electron chi connectivity index (χ2n) is 5.68. The van der Waals surface area contributed by atoms with Crippen LogP contribution in [0.1, 0.15) is 37.0 Å². The second-order valence-corrected chi connectivity index (χ2v) is 7.65. The van der Waals surface area contributed by atoms with Gasteiger partial charge in [-0.25, -0.2) is 17.9 Å². The third kappa shape index (κ3) is 3.04. The van der Waals surface area contributed by atoms with Crippen LogP contribution in [0.5, 0.6) is 0 Å². The SMILES string of the molecule is CC1(C)CCCN1C(=O)c1cc(Cl)cc(S(N)(=O)=O)c1F. The lowest BCUT2D eigenvalue weighted by molar-refractivity contribution is 0.0646. The summed E-state index contributed by atoms with van der Waals surface area (Å²) in [7, 11) is -4.29. The Morgan fingerprint density at radius 3 is 2.52 bits per heavy atom. The summed E-state index contributed by atoms with van der Waals surface area (Å²) in [5.74, 6) is -1.74. The van der Waals surface area contributed by atoms with E-state index in [1.54, 1.807) is 0 Å². The van der Waals surface area contributed by atoms with Crippen molar-refractivity contribution in [1.82, 2.24) is 4.90 Å². The van der Waals surface area contributed by atoms with Crippen LogP contribution in [0.2, 0.25) is 5.02 Å². The van der Waals surface area contributed by atoms with Gasteiger partial charge < -0.3 is 4.90 Å². The van der Waals surface area contributed by atoms with E-state index < -0.39 is 32.2 Å². The number of carbonyl (C=O) groups excluding carboxylic acids is 1. The third-order valence-corrected chi connectivity index (χ3v) is 4.82. The Hall–Kier alpha value is -1.18. The molecule has 2 N–H and O–H groups in total. The summed E-state index contributed by atoms with van der Waals surface area (Å²) in [5, 5.41) is 4.90. The molecule has 1 fully saturated rings. The molecule has 21 heavy (non-hydrogen) atoms. The highest BCUT2D eigenvalue weighted by atomic mass is 35.5. The number of likely N-dealkylation sites (tertiary alicyclic amines) is 1. The van der Waals surface area contributed by atoms with Crippen LogP contribution < -0.4 is 5.14 Å². The fourth-order valence-electron chi connectivity index (χ4n) is 2.56. The highest BCUT2D eigenvalue weighted by Gasteiger charge is 2.37. The van der Waals surface area contributed by atoms with Gasteiger partial charge in [0.2, 0.25) is 10.0 Å². The van der Waals surface area contributed by atoms with E-state index in [2.05, 4.69) is 0 Å². The van der Waals surface area contributed by atoms with Crippen molar-refractivity contribution in [2.24, 2.45) is 5.14 Å². The number of rotatable bonds is 2. The fraction of sp³-hybridized carbons (Fsp3) is 0.462. The van der Waals surface area contributed by atoms with E-state index >= 15 is 0 Å². The molecule has 0 spiro atoms. The summed E-state index contributed by atoms with van der Waals surface area (Å²) in [4.78, 5) is 13.3. The van der Waals surface area contributed by atoms with Crippen molar-refractivity contribution in [3.8, 4) is 0 Å². The number of primary sulfonamides is 1. The molecule has 1 aromatic rings. The van der Waals surface area contributed by atoms with Crippen molar-refractivity contribution in [2.45, 2.75) is 37.1 Å². The predicted octanol–water partition coefficient (Wildman–Crippen LogP) is 2.14. The maximum Gasteiger partial charge on any atom is 0.257 e. The molecule has 1 aliphatic heterocycles. The molecule has 0 unspecified atom stereocenters. The second kappa shape index (κ2) is 5.23. The number of amides is 1. The zero-order valence-corrected chi connectivity index (χ0v) is 13.3. The summed E-state index contributed by atoms with van der Waals surface area (Å²) in [6.45, 7) is 4.24. The first-order valence-corrected chi connectivity index (χ1v) is 8.30. The molecule has 1 saturated heterocycles. The zero-order valence-electron chi connectivity index (χ0n) is 11.7. The van der Waals surface area contributed by atoms with E-state index in [0.29, 0.717) is 6.54 Å². The van der Waals surface area contributed by atoms with Crippen molar-refractivity contribution in [1.29, 1.82) is 0 Å². The number of benzene rings is 1. The molecule has 0 saturated carbocycles. The standard InChI is InChI=1S/C13H16ClFN2O3S/c1-13(2)4-3-5-17(13)12(18)9-6-8(14)7-10(11(9)15)21(16,19)20/h6-7H,3-5H2,1-2H3,(H2,16,19,20). The van der Waals surface area contributed by atoms with Crippen LogP contribution in [0.3, 0.4) is 0 Å². The summed E-state index contributed by atoms with van der Waals surface area (Å²) >= 11 is 5.79.